The molecule has 0 unspecified atom stereocenters. The summed E-state index contributed by atoms with van der Waals surface area (Å²) in [5.41, 5.74) is 8.59. The van der Waals surface area contributed by atoms with Crippen molar-refractivity contribution in [3.05, 3.63) is 29.8 Å². The number of piperazine rings is 1. The van der Waals surface area contributed by atoms with Gasteiger partial charge in [-0.15, -0.1) is 0 Å². The number of hydrogen-bond donors (Lipinski definition) is 1. The van der Waals surface area contributed by atoms with E-state index in [0.717, 1.165) is 32.7 Å². The number of rotatable bonds is 3. The highest BCUT2D eigenvalue weighted by molar-refractivity contribution is 5.53. The number of para-hydroxylation sites is 1. The molecule has 94 valence electrons. The highest BCUT2D eigenvalue weighted by Crippen LogP contribution is 2.20. The predicted octanol–water partition coefficient (Wildman–Crippen LogP) is 1.46. The van der Waals surface area contributed by atoms with E-state index in [1.54, 1.807) is 0 Å². The van der Waals surface area contributed by atoms with Crippen molar-refractivity contribution in [3.63, 3.8) is 0 Å². The fraction of sp³-hybridized carbons (Fsp3) is 0.571. The Labute approximate surface area is 104 Å². The minimum atomic E-state index is 0.278. The fourth-order valence-corrected chi connectivity index (χ4v) is 2.50. The van der Waals surface area contributed by atoms with Crippen molar-refractivity contribution >= 4 is 5.69 Å². The van der Waals surface area contributed by atoms with E-state index < -0.39 is 0 Å². The summed E-state index contributed by atoms with van der Waals surface area (Å²) in [4.78, 5) is 4.94. The van der Waals surface area contributed by atoms with Crippen LogP contribution in [0.1, 0.15) is 12.5 Å². The quantitative estimate of drug-likeness (QED) is 0.858. The van der Waals surface area contributed by atoms with Gasteiger partial charge in [0.05, 0.1) is 0 Å². The van der Waals surface area contributed by atoms with Crippen molar-refractivity contribution in [1.82, 2.24) is 4.90 Å². The van der Waals surface area contributed by atoms with Crippen molar-refractivity contribution < 1.29 is 0 Å². The molecule has 3 heteroatoms. The Morgan fingerprint density at radius 2 is 1.82 bits per heavy atom. The number of aryl methyl sites for hydroxylation is 1. The van der Waals surface area contributed by atoms with E-state index in [0.29, 0.717) is 0 Å². The van der Waals surface area contributed by atoms with E-state index >= 15 is 0 Å². The van der Waals surface area contributed by atoms with Crippen LogP contribution in [0.2, 0.25) is 0 Å². The largest absolute Gasteiger partial charge is 0.369 e. The van der Waals surface area contributed by atoms with Crippen molar-refractivity contribution in [2.75, 3.05) is 37.6 Å². The van der Waals surface area contributed by atoms with Crippen LogP contribution in [0.3, 0.4) is 0 Å². The summed E-state index contributed by atoms with van der Waals surface area (Å²) in [6, 6.07) is 8.90. The third-order valence-electron chi connectivity index (χ3n) is 3.37. The summed E-state index contributed by atoms with van der Waals surface area (Å²) < 4.78 is 0. The molecule has 0 radical (unpaired) electrons. The summed E-state index contributed by atoms with van der Waals surface area (Å²) in [6.07, 6.45) is 0. The zero-order chi connectivity index (χ0) is 12.3. The van der Waals surface area contributed by atoms with Gasteiger partial charge in [0, 0.05) is 44.5 Å². The smallest absolute Gasteiger partial charge is 0.0396 e. The van der Waals surface area contributed by atoms with Crippen molar-refractivity contribution in [2.24, 2.45) is 5.73 Å². The van der Waals surface area contributed by atoms with E-state index in [9.17, 15) is 0 Å². The SMILES string of the molecule is Cc1ccccc1N1CCN(C[C@H](C)N)CC1. The van der Waals surface area contributed by atoms with Gasteiger partial charge in [-0.3, -0.25) is 4.90 Å². The fourth-order valence-electron chi connectivity index (χ4n) is 2.50. The second kappa shape index (κ2) is 5.52. The zero-order valence-corrected chi connectivity index (χ0v) is 10.9. The number of benzene rings is 1. The highest BCUT2D eigenvalue weighted by Gasteiger charge is 2.18. The first-order valence-corrected chi connectivity index (χ1v) is 6.45. The van der Waals surface area contributed by atoms with Crippen LogP contribution in [0.25, 0.3) is 0 Å². The minimum Gasteiger partial charge on any atom is -0.369 e. The Bertz CT molecular complexity index is 354. The molecular weight excluding hydrogens is 210 g/mol. The van der Waals surface area contributed by atoms with Gasteiger partial charge in [-0.25, -0.2) is 0 Å². The molecule has 0 aliphatic carbocycles. The maximum absolute atomic E-state index is 5.84. The molecule has 1 atom stereocenters. The van der Waals surface area contributed by atoms with Gasteiger partial charge < -0.3 is 10.6 Å². The monoisotopic (exact) mass is 233 g/mol. The molecule has 2 rings (SSSR count). The molecule has 1 fully saturated rings. The Morgan fingerprint density at radius 1 is 1.18 bits per heavy atom. The van der Waals surface area contributed by atoms with Crippen LogP contribution in [0.15, 0.2) is 24.3 Å². The molecule has 1 saturated heterocycles. The molecule has 3 nitrogen and oxygen atoms in total. The van der Waals surface area contributed by atoms with Crippen LogP contribution < -0.4 is 10.6 Å². The lowest BCUT2D eigenvalue weighted by Crippen LogP contribution is -2.49. The summed E-state index contributed by atoms with van der Waals surface area (Å²) in [7, 11) is 0. The maximum atomic E-state index is 5.84. The third-order valence-corrected chi connectivity index (χ3v) is 3.37. The van der Waals surface area contributed by atoms with Crippen LogP contribution in [0.5, 0.6) is 0 Å². The summed E-state index contributed by atoms with van der Waals surface area (Å²) >= 11 is 0. The van der Waals surface area contributed by atoms with Gasteiger partial charge in [0.1, 0.15) is 0 Å². The second-order valence-electron chi connectivity index (χ2n) is 5.05. The lowest BCUT2D eigenvalue weighted by Gasteiger charge is -2.37. The standard InChI is InChI=1S/C14H23N3/c1-12-5-3-4-6-14(12)17-9-7-16(8-10-17)11-13(2)15/h3-6,13H,7-11,15H2,1-2H3/t13-/m0/s1. The van der Waals surface area contributed by atoms with Gasteiger partial charge in [-0.05, 0) is 25.5 Å². The van der Waals surface area contributed by atoms with Crippen LogP contribution in [-0.2, 0) is 0 Å². The molecule has 0 aromatic heterocycles. The first kappa shape index (κ1) is 12.4. The molecule has 1 aromatic carbocycles. The Morgan fingerprint density at radius 3 is 2.41 bits per heavy atom. The number of hydrogen-bond acceptors (Lipinski definition) is 3. The van der Waals surface area contributed by atoms with Gasteiger partial charge >= 0.3 is 0 Å². The molecule has 0 amide bonds. The lowest BCUT2D eigenvalue weighted by molar-refractivity contribution is 0.246. The van der Waals surface area contributed by atoms with Crippen LogP contribution in [-0.4, -0.2) is 43.7 Å². The molecule has 1 aliphatic rings. The Balaban J connectivity index is 1.93. The predicted molar refractivity (Wildman–Crippen MR) is 73.5 cm³/mol. The summed E-state index contributed by atoms with van der Waals surface area (Å²) in [6.45, 7) is 9.74. The Kier molecular flexibility index (Phi) is 4.02. The maximum Gasteiger partial charge on any atom is 0.0396 e. The van der Waals surface area contributed by atoms with Gasteiger partial charge in [0.25, 0.3) is 0 Å². The molecule has 2 N–H and O–H groups in total. The summed E-state index contributed by atoms with van der Waals surface area (Å²) in [5, 5.41) is 0. The molecule has 0 spiro atoms. The van der Waals surface area contributed by atoms with Gasteiger partial charge in [0.15, 0.2) is 0 Å². The van der Waals surface area contributed by atoms with Crippen molar-refractivity contribution in [1.29, 1.82) is 0 Å². The van der Waals surface area contributed by atoms with E-state index in [1.807, 2.05) is 0 Å². The molecule has 1 aliphatic heterocycles. The zero-order valence-electron chi connectivity index (χ0n) is 10.9. The van der Waals surface area contributed by atoms with Gasteiger partial charge in [-0.2, -0.15) is 0 Å². The topological polar surface area (TPSA) is 32.5 Å². The highest BCUT2D eigenvalue weighted by atomic mass is 15.3. The number of nitrogens with two attached hydrogens (primary N) is 1. The molecular formula is C14H23N3. The molecule has 0 saturated carbocycles. The minimum absolute atomic E-state index is 0.278. The van der Waals surface area contributed by atoms with Crippen molar-refractivity contribution in [3.8, 4) is 0 Å². The molecule has 1 heterocycles. The van der Waals surface area contributed by atoms with E-state index in [1.165, 1.54) is 11.3 Å². The number of nitrogens with zero attached hydrogens (tertiary/aromatic N) is 2. The second-order valence-corrected chi connectivity index (χ2v) is 5.05. The van der Waals surface area contributed by atoms with Gasteiger partial charge in [0.2, 0.25) is 0 Å². The third kappa shape index (κ3) is 3.20. The van der Waals surface area contributed by atoms with E-state index in [4.69, 9.17) is 5.73 Å². The lowest BCUT2D eigenvalue weighted by atomic mass is 10.1. The first-order valence-electron chi connectivity index (χ1n) is 6.45. The van der Waals surface area contributed by atoms with E-state index in [-0.39, 0.29) is 6.04 Å². The molecule has 17 heavy (non-hydrogen) atoms. The van der Waals surface area contributed by atoms with Crippen LogP contribution in [0.4, 0.5) is 5.69 Å². The average molecular weight is 233 g/mol. The van der Waals surface area contributed by atoms with Crippen LogP contribution in [0, 0.1) is 6.92 Å². The first-order chi connectivity index (χ1) is 8.16. The van der Waals surface area contributed by atoms with E-state index in [2.05, 4.69) is 47.9 Å². The molecule has 0 bridgehead atoms. The average Bonchev–Trinajstić information content (AvgIpc) is 2.30. The Hall–Kier alpha value is -1.06. The normalized spacial score (nSPS) is 19.4. The van der Waals surface area contributed by atoms with Crippen LogP contribution >= 0.6 is 0 Å². The number of anilines is 1. The van der Waals surface area contributed by atoms with Gasteiger partial charge in [-0.1, -0.05) is 18.2 Å². The van der Waals surface area contributed by atoms with Crippen molar-refractivity contribution in [2.45, 2.75) is 19.9 Å². The summed E-state index contributed by atoms with van der Waals surface area (Å²) in [5.74, 6) is 0. The molecule has 1 aromatic rings.